The van der Waals surface area contributed by atoms with E-state index in [9.17, 15) is 4.79 Å². The number of amides is 1. The number of rotatable bonds is 7. The highest BCUT2D eigenvalue weighted by Gasteiger charge is 2.09. The smallest absolute Gasteiger partial charge is 0.228 e. The second-order valence-electron chi connectivity index (χ2n) is 4.85. The minimum absolute atomic E-state index is 0.0645. The minimum Gasteiger partial charge on any atom is -0.496 e. The summed E-state index contributed by atoms with van der Waals surface area (Å²) < 4.78 is 5.28. The number of hydrogen-bond donors (Lipinski definition) is 1. The van der Waals surface area contributed by atoms with Gasteiger partial charge in [-0.1, -0.05) is 25.1 Å². The summed E-state index contributed by atoms with van der Waals surface area (Å²) in [6.45, 7) is 4.07. The molecule has 4 heteroatoms. The summed E-state index contributed by atoms with van der Waals surface area (Å²) in [6.07, 6.45) is 6.53. The molecule has 1 amide bonds. The number of carbonyl (C=O) groups excluding carboxylic acids is 1. The van der Waals surface area contributed by atoms with Crippen molar-refractivity contribution >= 4 is 12.1 Å². The molecule has 1 N–H and O–H groups in total. The molecule has 1 aromatic rings. The fraction of sp³-hybridized carbons (Fsp3) is 0.333. The van der Waals surface area contributed by atoms with Gasteiger partial charge in [0.1, 0.15) is 5.75 Å². The van der Waals surface area contributed by atoms with Crippen molar-refractivity contribution in [2.75, 3.05) is 14.2 Å². The molecule has 0 atom stereocenters. The summed E-state index contributed by atoms with van der Waals surface area (Å²) in [5, 5.41) is 2.96. The highest BCUT2D eigenvalue weighted by molar-refractivity contribution is 5.82. The predicted octanol–water partition coefficient (Wildman–Crippen LogP) is 3.29. The van der Waals surface area contributed by atoms with Crippen LogP contribution in [-0.2, 0) is 11.2 Å². The summed E-state index contributed by atoms with van der Waals surface area (Å²) in [7, 11) is 3.32. The Balaban J connectivity index is 2.84. The Bertz CT molecular complexity index is 587. The van der Waals surface area contributed by atoms with Crippen LogP contribution in [0.25, 0.3) is 0 Å². The molecular formula is C18H24N2O2. The molecule has 0 fully saturated rings. The molecule has 118 valence electrons. The van der Waals surface area contributed by atoms with Gasteiger partial charge in [0.25, 0.3) is 0 Å². The molecular weight excluding hydrogens is 276 g/mol. The standard InChI is InChI=1S/C18H24N2O2/c1-5-14(2)16(10-8-12-19-3)20-18(21)13-15-9-6-7-11-17(15)22-4/h6-12H,5,13H2,1-4H3,(H,20,21)/b10-8-,16-14-,19-12?. The number of ether oxygens (including phenoxy) is 1. The van der Waals surface area contributed by atoms with E-state index in [4.69, 9.17) is 4.74 Å². The van der Waals surface area contributed by atoms with Crippen LogP contribution in [0.4, 0.5) is 0 Å². The van der Waals surface area contributed by atoms with Crippen molar-refractivity contribution < 1.29 is 9.53 Å². The van der Waals surface area contributed by atoms with Gasteiger partial charge < -0.3 is 10.1 Å². The van der Waals surface area contributed by atoms with Gasteiger partial charge in [-0.15, -0.1) is 0 Å². The van der Waals surface area contributed by atoms with Crippen LogP contribution in [0.2, 0.25) is 0 Å². The van der Waals surface area contributed by atoms with Crippen LogP contribution < -0.4 is 10.1 Å². The van der Waals surface area contributed by atoms with E-state index < -0.39 is 0 Å². The van der Waals surface area contributed by atoms with Crippen LogP contribution in [0, 0.1) is 0 Å². The molecule has 0 radical (unpaired) electrons. The maximum atomic E-state index is 12.3. The van der Waals surface area contributed by atoms with Crippen molar-refractivity contribution in [1.29, 1.82) is 0 Å². The number of nitrogens with zero attached hydrogens (tertiary/aromatic N) is 1. The van der Waals surface area contributed by atoms with Crippen LogP contribution in [0.5, 0.6) is 5.75 Å². The zero-order valence-corrected chi connectivity index (χ0v) is 13.7. The summed E-state index contributed by atoms with van der Waals surface area (Å²) >= 11 is 0. The lowest BCUT2D eigenvalue weighted by molar-refractivity contribution is -0.119. The molecule has 0 heterocycles. The summed E-state index contributed by atoms with van der Waals surface area (Å²) in [5.74, 6) is 0.662. The van der Waals surface area contributed by atoms with Crippen molar-refractivity contribution in [3.63, 3.8) is 0 Å². The van der Waals surface area contributed by atoms with Crippen LogP contribution in [0.15, 0.2) is 52.7 Å². The largest absolute Gasteiger partial charge is 0.496 e. The van der Waals surface area contributed by atoms with E-state index in [-0.39, 0.29) is 12.3 Å². The first-order chi connectivity index (χ1) is 10.6. The van der Waals surface area contributed by atoms with Crippen molar-refractivity contribution in [1.82, 2.24) is 5.32 Å². The van der Waals surface area contributed by atoms with Gasteiger partial charge in [0.05, 0.1) is 13.5 Å². The Morgan fingerprint density at radius 1 is 1.36 bits per heavy atom. The second kappa shape index (κ2) is 9.55. The third kappa shape index (κ3) is 5.56. The normalized spacial score (nSPS) is 12.5. The molecule has 0 unspecified atom stereocenters. The molecule has 0 saturated heterocycles. The maximum Gasteiger partial charge on any atom is 0.228 e. The Morgan fingerprint density at radius 2 is 2.09 bits per heavy atom. The first kappa shape index (κ1) is 17.7. The summed E-state index contributed by atoms with van der Waals surface area (Å²) in [6, 6.07) is 7.54. The predicted molar refractivity (Wildman–Crippen MR) is 91.4 cm³/mol. The highest BCUT2D eigenvalue weighted by atomic mass is 16.5. The first-order valence-corrected chi connectivity index (χ1v) is 7.32. The number of allylic oxidation sites excluding steroid dienone is 3. The number of nitrogens with one attached hydrogen (secondary N) is 1. The second-order valence-corrected chi connectivity index (χ2v) is 4.85. The van der Waals surface area contributed by atoms with Crippen LogP contribution in [0.3, 0.4) is 0 Å². The Hall–Kier alpha value is -2.36. The molecule has 0 spiro atoms. The minimum atomic E-state index is -0.0645. The zero-order chi connectivity index (χ0) is 16.4. The lowest BCUT2D eigenvalue weighted by Crippen LogP contribution is -2.24. The summed E-state index contributed by atoms with van der Waals surface area (Å²) in [4.78, 5) is 16.2. The van der Waals surface area contributed by atoms with Crippen molar-refractivity contribution in [3.8, 4) is 5.75 Å². The van der Waals surface area contributed by atoms with E-state index in [1.807, 2.05) is 43.3 Å². The first-order valence-electron chi connectivity index (χ1n) is 7.32. The third-order valence-corrected chi connectivity index (χ3v) is 3.31. The fourth-order valence-corrected chi connectivity index (χ4v) is 1.92. The van der Waals surface area contributed by atoms with Crippen molar-refractivity contribution in [3.05, 3.63) is 53.3 Å². The molecule has 0 aliphatic heterocycles. The molecule has 22 heavy (non-hydrogen) atoms. The van der Waals surface area contributed by atoms with Crippen molar-refractivity contribution in [2.24, 2.45) is 4.99 Å². The number of benzene rings is 1. The van der Waals surface area contributed by atoms with Gasteiger partial charge in [0.15, 0.2) is 0 Å². The van der Waals surface area contributed by atoms with Gasteiger partial charge in [0, 0.05) is 24.5 Å². The molecule has 0 aromatic heterocycles. The lowest BCUT2D eigenvalue weighted by Gasteiger charge is -2.11. The maximum absolute atomic E-state index is 12.3. The average Bonchev–Trinajstić information content (AvgIpc) is 2.53. The topological polar surface area (TPSA) is 50.7 Å². The van der Waals surface area contributed by atoms with Gasteiger partial charge >= 0.3 is 0 Å². The quantitative estimate of drug-likeness (QED) is 0.620. The molecule has 4 nitrogen and oxygen atoms in total. The molecule has 1 aromatic carbocycles. The Morgan fingerprint density at radius 3 is 2.73 bits per heavy atom. The summed E-state index contributed by atoms with van der Waals surface area (Å²) in [5.41, 5.74) is 2.81. The lowest BCUT2D eigenvalue weighted by atomic mass is 10.1. The number of carbonyl (C=O) groups is 1. The average molecular weight is 300 g/mol. The SMILES string of the molecule is CC/C(C)=C(/C=C\C=NC)NC(=O)Cc1ccccc1OC. The van der Waals surface area contributed by atoms with E-state index in [0.29, 0.717) is 0 Å². The third-order valence-electron chi connectivity index (χ3n) is 3.31. The van der Waals surface area contributed by atoms with Crippen LogP contribution in [0.1, 0.15) is 25.8 Å². The number of aliphatic imine (C=N–C) groups is 1. The van der Waals surface area contributed by atoms with E-state index in [1.165, 1.54) is 0 Å². The molecule has 0 saturated carbocycles. The van der Waals surface area contributed by atoms with Crippen LogP contribution in [-0.4, -0.2) is 26.3 Å². The van der Waals surface area contributed by atoms with Gasteiger partial charge in [-0.05, 0) is 37.1 Å². The van der Waals surface area contributed by atoms with E-state index in [2.05, 4.69) is 17.2 Å². The van der Waals surface area contributed by atoms with Gasteiger partial charge in [0.2, 0.25) is 5.91 Å². The van der Waals surface area contributed by atoms with Gasteiger partial charge in [-0.2, -0.15) is 0 Å². The van der Waals surface area contributed by atoms with Crippen LogP contribution >= 0.6 is 0 Å². The molecule has 0 aliphatic carbocycles. The molecule has 0 bridgehead atoms. The van der Waals surface area contributed by atoms with Gasteiger partial charge in [-0.25, -0.2) is 0 Å². The monoisotopic (exact) mass is 300 g/mol. The Labute approximate surface area is 132 Å². The molecule has 0 aliphatic rings. The van der Waals surface area contributed by atoms with Gasteiger partial charge in [-0.3, -0.25) is 9.79 Å². The highest BCUT2D eigenvalue weighted by Crippen LogP contribution is 2.18. The van der Waals surface area contributed by atoms with E-state index in [1.54, 1.807) is 20.4 Å². The fourth-order valence-electron chi connectivity index (χ4n) is 1.92. The number of hydrogen-bond acceptors (Lipinski definition) is 3. The van der Waals surface area contributed by atoms with Crippen molar-refractivity contribution in [2.45, 2.75) is 26.7 Å². The number of methoxy groups -OCH3 is 1. The van der Waals surface area contributed by atoms with E-state index in [0.717, 1.165) is 29.0 Å². The molecule has 1 rings (SSSR count). The zero-order valence-electron chi connectivity index (χ0n) is 13.7. The Kier molecular flexibility index (Phi) is 7.68. The van der Waals surface area contributed by atoms with E-state index >= 15 is 0 Å². The number of para-hydroxylation sites is 1.